The lowest BCUT2D eigenvalue weighted by Crippen LogP contribution is -2.22. The summed E-state index contributed by atoms with van der Waals surface area (Å²) in [6.07, 6.45) is 3.44. The first-order valence-corrected chi connectivity index (χ1v) is 6.15. The van der Waals surface area contributed by atoms with Crippen LogP contribution < -0.4 is 5.32 Å². The Hall–Kier alpha value is -1.58. The molecular weight excluding hydrogens is 283 g/mol. The fraction of sp³-hybridized carbons (Fsp3) is 0.143. The minimum absolute atomic E-state index is 0. The third-order valence-electron chi connectivity index (χ3n) is 2.55. The van der Waals surface area contributed by atoms with Crippen LogP contribution >= 0.6 is 24.0 Å². The van der Waals surface area contributed by atoms with Gasteiger partial charge in [-0.05, 0) is 29.3 Å². The second-order valence-corrected chi connectivity index (χ2v) is 4.14. The molecule has 2 rings (SSSR count). The van der Waals surface area contributed by atoms with Crippen LogP contribution in [-0.4, -0.2) is 10.9 Å². The molecule has 0 atom stereocenters. The average Bonchev–Trinajstić information content (AvgIpc) is 2.46. The van der Waals surface area contributed by atoms with E-state index in [4.69, 9.17) is 11.6 Å². The number of amides is 1. The van der Waals surface area contributed by atoms with E-state index < -0.39 is 0 Å². The highest BCUT2D eigenvalue weighted by atomic mass is 35.5. The average molecular weight is 297 g/mol. The highest BCUT2D eigenvalue weighted by Crippen LogP contribution is 2.07. The highest BCUT2D eigenvalue weighted by Gasteiger charge is 2.04. The zero-order valence-corrected chi connectivity index (χ0v) is 11.7. The first kappa shape index (κ1) is 15.5. The van der Waals surface area contributed by atoms with Crippen molar-refractivity contribution in [1.29, 1.82) is 0 Å². The molecule has 0 unspecified atom stereocenters. The van der Waals surface area contributed by atoms with Gasteiger partial charge in [0.2, 0.25) is 0 Å². The monoisotopic (exact) mass is 296 g/mol. The van der Waals surface area contributed by atoms with Gasteiger partial charge in [0.25, 0.3) is 5.91 Å². The molecule has 0 aliphatic rings. The Morgan fingerprint density at radius 3 is 2.47 bits per heavy atom. The molecule has 1 aromatic heterocycles. The normalized spacial score (nSPS) is 9.53. The van der Waals surface area contributed by atoms with Crippen molar-refractivity contribution >= 4 is 29.9 Å². The van der Waals surface area contributed by atoms with Crippen molar-refractivity contribution in [3.8, 4) is 0 Å². The van der Waals surface area contributed by atoms with Crippen LogP contribution in [0.1, 0.15) is 21.5 Å². The predicted octanol–water partition coefficient (Wildman–Crippen LogP) is 3.17. The van der Waals surface area contributed by atoms with Crippen molar-refractivity contribution in [3.05, 3.63) is 65.5 Å². The number of halogens is 2. The molecule has 5 heteroatoms. The minimum atomic E-state index is -0.0972. The number of nitrogens with zero attached hydrogens (tertiary/aromatic N) is 1. The number of pyridine rings is 1. The van der Waals surface area contributed by atoms with E-state index in [1.807, 2.05) is 24.3 Å². The van der Waals surface area contributed by atoms with Gasteiger partial charge in [-0.2, -0.15) is 0 Å². The van der Waals surface area contributed by atoms with Gasteiger partial charge in [0.15, 0.2) is 0 Å². The van der Waals surface area contributed by atoms with Crippen LogP contribution in [0.4, 0.5) is 0 Å². The topological polar surface area (TPSA) is 42.0 Å². The summed E-state index contributed by atoms with van der Waals surface area (Å²) >= 11 is 5.69. The lowest BCUT2D eigenvalue weighted by molar-refractivity contribution is 0.0951. The van der Waals surface area contributed by atoms with Gasteiger partial charge in [-0.15, -0.1) is 24.0 Å². The number of alkyl halides is 1. The van der Waals surface area contributed by atoms with Crippen LogP contribution in [0.5, 0.6) is 0 Å². The first-order valence-electron chi connectivity index (χ1n) is 5.61. The molecule has 0 bridgehead atoms. The van der Waals surface area contributed by atoms with Gasteiger partial charge >= 0.3 is 0 Å². The lowest BCUT2D eigenvalue weighted by Gasteiger charge is -2.05. The number of hydrogen-bond acceptors (Lipinski definition) is 2. The first-order chi connectivity index (χ1) is 8.79. The molecule has 0 aliphatic carbocycles. The Labute approximate surface area is 123 Å². The quantitative estimate of drug-likeness (QED) is 0.881. The number of benzene rings is 1. The van der Waals surface area contributed by atoms with Gasteiger partial charge < -0.3 is 5.32 Å². The zero-order valence-electron chi connectivity index (χ0n) is 10.2. The predicted molar refractivity (Wildman–Crippen MR) is 78.7 cm³/mol. The molecule has 3 nitrogen and oxygen atoms in total. The summed E-state index contributed by atoms with van der Waals surface area (Å²) < 4.78 is 0. The van der Waals surface area contributed by atoms with E-state index in [1.165, 1.54) is 0 Å². The number of carbonyl (C=O) groups is 1. The molecule has 19 heavy (non-hydrogen) atoms. The Morgan fingerprint density at radius 1 is 1.16 bits per heavy atom. The standard InChI is InChI=1S/C14H13ClN2O.ClH/c15-8-11-3-5-13(6-4-11)14(18)17-10-12-2-1-7-16-9-12;/h1-7,9H,8,10H2,(H,17,18);1H. The summed E-state index contributed by atoms with van der Waals surface area (Å²) in [4.78, 5) is 15.8. The summed E-state index contributed by atoms with van der Waals surface area (Å²) in [5.74, 6) is 0.359. The number of hydrogen-bond donors (Lipinski definition) is 1. The van der Waals surface area contributed by atoms with E-state index in [2.05, 4.69) is 10.3 Å². The fourth-order valence-electron chi connectivity index (χ4n) is 1.53. The van der Waals surface area contributed by atoms with Crippen molar-refractivity contribution in [2.75, 3.05) is 0 Å². The Morgan fingerprint density at radius 2 is 1.89 bits per heavy atom. The molecule has 100 valence electrons. The van der Waals surface area contributed by atoms with Gasteiger partial charge in [-0.3, -0.25) is 9.78 Å². The third-order valence-corrected chi connectivity index (χ3v) is 2.85. The number of aromatic nitrogens is 1. The van der Waals surface area contributed by atoms with Crippen LogP contribution in [0.2, 0.25) is 0 Å². The van der Waals surface area contributed by atoms with Gasteiger partial charge in [0.05, 0.1) is 0 Å². The van der Waals surface area contributed by atoms with Crippen molar-refractivity contribution in [1.82, 2.24) is 10.3 Å². The maximum absolute atomic E-state index is 11.9. The van der Waals surface area contributed by atoms with Gasteiger partial charge in [-0.1, -0.05) is 18.2 Å². The second-order valence-electron chi connectivity index (χ2n) is 3.87. The van der Waals surface area contributed by atoms with Gasteiger partial charge in [0, 0.05) is 30.4 Å². The molecule has 0 saturated heterocycles. The summed E-state index contributed by atoms with van der Waals surface area (Å²) in [5.41, 5.74) is 2.61. The molecule has 1 heterocycles. The van der Waals surface area contributed by atoms with Crippen LogP contribution in [0.25, 0.3) is 0 Å². The van der Waals surface area contributed by atoms with Crippen LogP contribution in [0.3, 0.4) is 0 Å². The molecule has 0 radical (unpaired) electrons. The fourth-order valence-corrected chi connectivity index (χ4v) is 1.71. The van der Waals surface area contributed by atoms with E-state index in [-0.39, 0.29) is 18.3 Å². The Balaban J connectivity index is 0.00000180. The van der Waals surface area contributed by atoms with E-state index >= 15 is 0 Å². The van der Waals surface area contributed by atoms with Crippen molar-refractivity contribution in [2.45, 2.75) is 12.4 Å². The molecule has 0 fully saturated rings. The largest absolute Gasteiger partial charge is 0.348 e. The molecule has 1 N–H and O–H groups in total. The van der Waals surface area contributed by atoms with Crippen molar-refractivity contribution in [2.24, 2.45) is 0 Å². The van der Waals surface area contributed by atoms with E-state index in [9.17, 15) is 4.79 Å². The summed E-state index contributed by atoms with van der Waals surface area (Å²) in [6.45, 7) is 0.476. The third kappa shape index (κ3) is 4.54. The van der Waals surface area contributed by atoms with Gasteiger partial charge in [-0.25, -0.2) is 0 Å². The second kappa shape index (κ2) is 7.77. The Bertz CT molecular complexity index is 515. The SMILES string of the molecule is Cl.O=C(NCc1cccnc1)c1ccc(CCl)cc1. The molecular formula is C14H14Cl2N2O. The lowest BCUT2D eigenvalue weighted by atomic mass is 10.1. The number of rotatable bonds is 4. The number of carbonyl (C=O) groups excluding carboxylic acids is 1. The zero-order chi connectivity index (χ0) is 12.8. The highest BCUT2D eigenvalue weighted by molar-refractivity contribution is 6.17. The molecule has 2 aromatic rings. The van der Waals surface area contributed by atoms with Crippen molar-refractivity contribution in [3.63, 3.8) is 0 Å². The van der Waals surface area contributed by atoms with E-state index in [0.717, 1.165) is 11.1 Å². The number of nitrogens with one attached hydrogen (secondary N) is 1. The summed E-state index contributed by atoms with van der Waals surface area (Å²) in [6, 6.07) is 11.0. The van der Waals surface area contributed by atoms with E-state index in [0.29, 0.717) is 18.0 Å². The maximum atomic E-state index is 11.9. The van der Waals surface area contributed by atoms with Crippen LogP contribution in [0.15, 0.2) is 48.8 Å². The summed E-state index contributed by atoms with van der Waals surface area (Å²) in [7, 11) is 0. The summed E-state index contributed by atoms with van der Waals surface area (Å²) in [5, 5.41) is 2.84. The maximum Gasteiger partial charge on any atom is 0.251 e. The van der Waals surface area contributed by atoms with Gasteiger partial charge in [0.1, 0.15) is 0 Å². The van der Waals surface area contributed by atoms with Crippen LogP contribution in [-0.2, 0) is 12.4 Å². The smallest absolute Gasteiger partial charge is 0.251 e. The van der Waals surface area contributed by atoms with E-state index in [1.54, 1.807) is 24.5 Å². The molecule has 0 saturated carbocycles. The van der Waals surface area contributed by atoms with Crippen LogP contribution in [0, 0.1) is 0 Å². The molecule has 1 amide bonds. The minimum Gasteiger partial charge on any atom is -0.348 e. The molecule has 0 spiro atoms. The molecule has 1 aromatic carbocycles. The van der Waals surface area contributed by atoms with Crippen molar-refractivity contribution < 1.29 is 4.79 Å². The Kier molecular flexibility index (Phi) is 6.33. The molecule has 0 aliphatic heterocycles.